The standard InChI is InChI=1S/C19H23FN2O3S/c1-14-17(24-2)8-9-18(19(14)25-3)26(23)22-12-10-21(11-13-22)16-7-5-4-6-15(16)20/h4-9H,10-13H2,1-3H3. The summed E-state index contributed by atoms with van der Waals surface area (Å²) in [6.45, 7) is 4.27. The van der Waals surface area contributed by atoms with E-state index < -0.39 is 11.0 Å². The van der Waals surface area contributed by atoms with Crippen LogP contribution in [0, 0.1) is 12.7 Å². The Morgan fingerprint density at radius 1 is 1.00 bits per heavy atom. The third kappa shape index (κ3) is 3.54. The van der Waals surface area contributed by atoms with Crippen LogP contribution in [0.4, 0.5) is 10.1 Å². The van der Waals surface area contributed by atoms with Gasteiger partial charge in [-0.15, -0.1) is 0 Å². The zero-order valence-electron chi connectivity index (χ0n) is 15.2. The van der Waals surface area contributed by atoms with Crippen LogP contribution < -0.4 is 14.4 Å². The van der Waals surface area contributed by atoms with E-state index in [0.717, 1.165) is 5.56 Å². The Kier molecular flexibility index (Phi) is 5.78. The number of halogens is 1. The summed E-state index contributed by atoms with van der Waals surface area (Å²) < 4.78 is 39.7. The molecular formula is C19H23FN2O3S. The van der Waals surface area contributed by atoms with Crippen molar-refractivity contribution in [3.8, 4) is 11.5 Å². The highest BCUT2D eigenvalue weighted by Gasteiger charge is 2.26. The second-order valence-corrected chi connectivity index (χ2v) is 7.50. The van der Waals surface area contributed by atoms with Crippen molar-refractivity contribution in [1.82, 2.24) is 4.31 Å². The molecule has 1 heterocycles. The van der Waals surface area contributed by atoms with Crippen molar-refractivity contribution in [2.45, 2.75) is 11.8 Å². The first-order chi connectivity index (χ1) is 12.6. The van der Waals surface area contributed by atoms with Gasteiger partial charge in [0.15, 0.2) is 0 Å². The molecule has 1 unspecified atom stereocenters. The third-order valence-electron chi connectivity index (χ3n) is 4.60. The molecule has 1 atom stereocenters. The Hall–Kier alpha value is -2.12. The number of piperazine rings is 1. The molecule has 0 bridgehead atoms. The van der Waals surface area contributed by atoms with Crippen LogP contribution in [0.5, 0.6) is 11.5 Å². The molecule has 2 aromatic carbocycles. The van der Waals surface area contributed by atoms with Crippen molar-refractivity contribution >= 4 is 16.7 Å². The van der Waals surface area contributed by atoms with Crippen molar-refractivity contribution in [2.75, 3.05) is 45.3 Å². The minimum absolute atomic E-state index is 0.227. The van der Waals surface area contributed by atoms with Crippen LogP contribution in [0.15, 0.2) is 41.3 Å². The van der Waals surface area contributed by atoms with Crippen molar-refractivity contribution in [2.24, 2.45) is 0 Å². The van der Waals surface area contributed by atoms with Gasteiger partial charge in [0.1, 0.15) is 28.3 Å². The molecule has 0 spiro atoms. The number of rotatable bonds is 5. The van der Waals surface area contributed by atoms with E-state index in [9.17, 15) is 8.60 Å². The van der Waals surface area contributed by atoms with Gasteiger partial charge in [0.25, 0.3) is 0 Å². The quantitative estimate of drug-likeness (QED) is 0.802. The molecule has 2 aromatic rings. The fourth-order valence-electron chi connectivity index (χ4n) is 3.20. The first-order valence-electron chi connectivity index (χ1n) is 8.44. The van der Waals surface area contributed by atoms with Crippen molar-refractivity contribution in [3.63, 3.8) is 0 Å². The first-order valence-corrected chi connectivity index (χ1v) is 9.55. The highest BCUT2D eigenvalue weighted by molar-refractivity contribution is 7.82. The molecule has 0 aromatic heterocycles. The average Bonchev–Trinajstić information content (AvgIpc) is 2.67. The summed E-state index contributed by atoms with van der Waals surface area (Å²) in [5, 5.41) is 0. The Morgan fingerprint density at radius 3 is 2.31 bits per heavy atom. The van der Waals surface area contributed by atoms with Crippen LogP contribution in [0.1, 0.15) is 5.56 Å². The Morgan fingerprint density at radius 2 is 1.69 bits per heavy atom. The topological polar surface area (TPSA) is 42.0 Å². The number of ether oxygens (including phenoxy) is 2. The molecule has 0 saturated carbocycles. The molecule has 1 aliphatic heterocycles. The lowest BCUT2D eigenvalue weighted by atomic mass is 10.2. The van der Waals surface area contributed by atoms with Gasteiger partial charge in [-0.2, -0.15) is 0 Å². The lowest BCUT2D eigenvalue weighted by Crippen LogP contribution is -2.47. The molecule has 140 valence electrons. The SMILES string of the molecule is COc1ccc(S(=O)N2CCN(c3ccccc3F)CC2)c(OC)c1C. The van der Waals surface area contributed by atoms with E-state index in [-0.39, 0.29) is 5.82 Å². The number of hydrogen-bond donors (Lipinski definition) is 0. The molecule has 26 heavy (non-hydrogen) atoms. The summed E-state index contributed by atoms with van der Waals surface area (Å²) in [7, 11) is 1.82. The minimum Gasteiger partial charge on any atom is -0.496 e. The van der Waals surface area contributed by atoms with Gasteiger partial charge in [0, 0.05) is 31.7 Å². The Labute approximate surface area is 155 Å². The molecule has 0 amide bonds. The fourth-order valence-corrected chi connectivity index (χ4v) is 4.56. The summed E-state index contributed by atoms with van der Waals surface area (Å²) in [6, 6.07) is 10.3. The monoisotopic (exact) mass is 378 g/mol. The molecule has 1 saturated heterocycles. The summed E-state index contributed by atoms with van der Waals surface area (Å²) in [5.74, 6) is 1.06. The lowest BCUT2D eigenvalue weighted by molar-refractivity contribution is 0.376. The van der Waals surface area contributed by atoms with Crippen molar-refractivity contribution in [1.29, 1.82) is 0 Å². The number of nitrogens with zero attached hydrogens (tertiary/aromatic N) is 2. The van der Waals surface area contributed by atoms with Gasteiger partial charge in [-0.3, -0.25) is 0 Å². The number of benzene rings is 2. The summed E-state index contributed by atoms with van der Waals surface area (Å²) >= 11 is 0. The molecule has 7 heteroatoms. The smallest absolute Gasteiger partial charge is 0.146 e. The maximum atomic E-state index is 14.0. The Balaban J connectivity index is 1.75. The number of para-hydroxylation sites is 1. The van der Waals surface area contributed by atoms with Gasteiger partial charge in [0.05, 0.1) is 24.8 Å². The predicted octanol–water partition coefficient (Wildman–Crippen LogP) is 3.00. The van der Waals surface area contributed by atoms with E-state index in [1.807, 2.05) is 22.2 Å². The number of anilines is 1. The van der Waals surface area contributed by atoms with E-state index in [2.05, 4.69) is 0 Å². The van der Waals surface area contributed by atoms with Gasteiger partial charge in [-0.25, -0.2) is 12.9 Å². The second kappa shape index (κ2) is 8.05. The highest BCUT2D eigenvalue weighted by atomic mass is 32.2. The van der Waals surface area contributed by atoms with E-state index >= 15 is 0 Å². The van der Waals surface area contributed by atoms with Crippen LogP contribution >= 0.6 is 0 Å². The molecule has 0 radical (unpaired) electrons. The van der Waals surface area contributed by atoms with Crippen molar-refractivity contribution in [3.05, 3.63) is 47.8 Å². The van der Waals surface area contributed by atoms with E-state index in [1.165, 1.54) is 6.07 Å². The van der Waals surface area contributed by atoms with Crippen molar-refractivity contribution < 1.29 is 18.1 Å². The largest absolute Gasteiger partial charge is 0.496 e. The summed E-state index contributed by atoms with van der Waals surface area (Å²) in [4.78, 5) is 2.62. The van der Waals surface area contributed by atoms with E-state index in [4.69, 9.17) is 9.47 Å². The highest BCUT2D eigenvalue weighted by Crippen LogP contribution is 2.34. The molecule has 0 N–H and O–H groups in total. The number of methoxy groups -OCH3 is 2. The average molecular weight is 378 g/mol. The maximum Gasteiger partial charge on any atom is 0.146 e. The van der Waals surface area contributed by atoms with E-state index in [1.54, 1.807) is 38.5 Å². The van der Waals surface area contributed by atoms with Crippen LogP contribution in [-0.2, 0) is 11.0 Å². The summed E-state index contributed by atoms with van der Waals surface area (Å²) in [6.07, 6.45) is 0. The zero-order chi connectivity index (χ0) is 18.7. The fraction of sp³-hybridized carbons (Fsp3) is 0.368. The van der Waals surface area contributed by atoms with Crippen LogP contribution in [0.2, 0.25) is 0 Å². The third-order valence-corrected chi connectivity index (χ3v) is 6.13. The van der Waals surface area contributed by atoms with Crippen LogP contribution in [0.3, 0.4) is 0 Å². The Bertz CT molecular complexity index is 807. The molecule has 1 aliphatic rings. The zero-order valence-corrected chi connectivity index (χ0v) is 16.0. The van der Waals surface area contributed by atoms with Crippen LogP contribution in [-0.4, -0.2) is 48.9 Å². The van der Waals surface area contributed by atoms with Gasteiger partial charge < -0.3 is 14.4 Å². The normalized spacial score (nSPS) is 16.4. The van der Waals surface area contributed by atoms with Gasteiger partial charge in [-0.05, 0) is 31.2 Å². The minimum atomic E-state index is -1.35. The molecule has 3 rings (SSSR count). The molecule has 0 aliphatic carbocycles. The molecular weight excluding hydrogens is 355 g/mol. The summed E-state index contributed by atoms with van der Waals surface area (Å²) in [5.41, 5.74) is 1.42. The lowest BCUT2D eigenvalue weighted by Gasteiger charge is -2.35. The van der Waals surface area contributed by atoms with Gasteiger partial charge in [-0.1, -0.05) is 12.1 Å². The maximum absolute atomic E-state index is 14.0. The number of hydrogen-bond acceptors (Lipinski definition) is 4. The van der Waals surface area contributed by atoms with Gasteiger partial charge >= 0.3 is 0 Å². The molecule has 5 nitrogen and oxygen atoms in total. The van der Waals surface area contributed by atoms with Gasteiger partial charge in [0.2, 0.25) is 0 Å². The second-order valence-electron chi connectivity index (χ2n) is 6.04. The van der Waals surface area contributed by atoms with Crippen LogP contribution in [0.25, 0.3) is 0 Å². The first kappa shape index (κ1) is 18.7. The molecule has 1 fully saturated rings. The predicted molar refractivity (Wildman–Crippen MR) is 101 cm³/mol. The van der Waals surface area contributed by atoms with E-state index in [0.29, 0.717) is 48.3 Å².